The number of phenols is 1. The summed E-state index contributed by atoms with van der Waals surface area (Å²) in [5.74, 6) is 0.306. The Morgan fingerprint density at radius 2 is 1.56 bits per heavy atom. The molecule has 5 aromatic carbocycles. The summed E-state index contributed by atoms with van der Waals surface area (Å²) in [5, 5.41) is 32.9. The fourth-order valence-electron chi connectivity index (χ4n) is 4.07. The molecule has 0 amide bonds. The standard InChI is InChI=1S/C31H26N6O3S/c1-18-3-8-21(9-4-18)33-23-12-7-20-13-29(41)30(31(39)24(20)14-23)37-36-27-15-25(32)26(16-28(27)40-2)35-34-22-10-5-19(17-38)6-11-22/h3-17,33,39,41H,32H2,1-2H3. The van der Waals surface area contributed by atoms with Crippen molar-refractivity contribution in [1.82, 2.24) is 0 Å². The number of carbonyl (C=O) groups is 1. The molecule has 0 radical (unpaired) electrons. The van der Waals surface area contributed by atoms with Gasteiger partial charge in [-0.05, 0) is 73.0 Å². The zero-order valence-electron chi connectivity index (χ0n) is 22.2. The lowest BCUT2D eigenvalue weighted by Gasteiger charge is -2.11. The first-order valence-electron chi connectivity index (χ1n) is 12.5. The summed E-state index contributed by atoms with van der Waals surface area (Å²) in [6.45, 7) is 2.03. The first-order chi connectivity index (χ1) is 19.8. The molecule has 204 valence electrons. The zero-order chi connectivity index (χ0) is 28.9. The Morgan fingerprint density at radius 1 is 0.854 bits per heavy atom. The van der Waals surface area contributed by atoms with E-state index in [2.05, 4.69) is 38.4 Å². The fraction of sp³-hybridized carbons (Fsp3) is 0.0645. The van der Waals surface area contributed by atoms with Crippen LogP contribution in [0.5, 0.6) is 11.5 Å². The van der Waals surface area contributed by atoms with Crippen molar-refractivity contribution in [2.45, 2.75) is 11.8 Å². The van der Waals surface area contributed by atoms with Crippen LogP contribution in [0.2, 0.25) is 0 Å². The van der Waals surface area contributed by atoms with Gasteiger partial charge in [-0.25, -0.2) is 0 Å². The molecule has 9 nitrogen and oxygen atoms in total. The summed E-state index contributed by atoms with van der Waals surface area (Å²) < 4.78 is 5.48. The first-order valence-corrected chi connectivity index (χ1v) is 13.0. The van der Waals surface area contributed by atoms with Gasteiger partial charge in [-0.3, -0.25) is 4.79 Å². The van der Waals surface area contributed by atoms with Gasteiger partial charge < -0.3 is 20.9 Å². The van der Waals surface area contributed by atoms with E-state index in [-0.39, 0.29) is 11.4 Å². The molecule has 0 aliphatic carbocycles. The molecule has 0 aliphatic rings. The van der Waals surface area contributed by atoms with E-state index in [4.69, 9.17) is 10.5 Å². The summed E-state index contributed by atoms with van der Waals surface area (Å²) >= 11 is 4.53. The Balaban J connectivity index is 1.43. The number of aromatic hydroxyl groups is 1. The molecular weight excluding hydrogens is 536 g/mol. The minimum Gasteiger partial charge on any atom is -0.505 e. The number of thiol groups is 1. The average molecular weight is 563 g/mol. The lowest BCUT2D eigenvalue weighted by Crippen LogP contribution is -1.90. The average Bonchev–Trinajstić information content (AvgIpc) is 2.98. The number of aryl methyl sites for hydroxylation is 1. The minimum absolute atomic E-state index is 0.0539. The van der Waals surface area contributed by atoms with E-state index < -0.39 is 0 Å². The lowest BCUT2D eigenvalue weighted by molar-refractivity contribution is 0.112. The summed E-state index contributed by atoms with van der Waals surface area (Å²) in [6, 6.07) is 25.3. The van der Waals surface area contributed by atoms with Crippen molar-refractivity contribution in [3.8, 4) is 11.5 Å². The van der Waals surface area contributed by atoms with E-state index in [1.54, 1.807) is 36.4 Å². The van der Waals surface area contributed by atoms with Gasteiger partial charge in [0, 0.05) is 33.3 Å². The maximum Gasteiger partial charge on any atom is 0.152 e. The maximum atomic E-state index is 11.1. The van der Waals surface area contributed by atoms with Crippen LogP contribution in [0.1, 0.15) is 15.9 Å². The molecule has 4 N–H and O–H groups in total. The van der Waals surface area contributed by atoms with Crippen molar-refractivity contribution < 1.29 is 14.6 Å². The first kappa shape index (κ1) is 27.4. The number of nitrogens with two attached hydrogens (primary N) is 1. The van der Waals surface area contributed by atoms with Crippen LogP contribution in [-0.2, 0) is 0 Å². The van der Waals surface area contributed by atoms with Crippen LogP contribution in [0.3, 0.4) is 0 Å². The number of hydrogen-bond donors (Lipinski definition) is 4. The van der Waals surface area contributed by atoms with Crippen molar-refractivity contribution in [2.75, 3.05) is 18.2 Å². The van der Waals surface area contributed by atoms with Crippen LogP contribution in [0, 0.1) is 6.92 Å². The number of nitrogen functional groups attached to an aromatic ring is 1. The van der Waals surface area contributed by atoms with Crippen LogP contribution < -0.4 is 15.8 Å². The SMILES string of the molecule is COc1cc(N=Nc2ccc(C=O)cc2)c(N)cc1N=Nc1c(S)cc2ccc(Nc3ccc(C)cc3)cc2c1O. The number of hydrogen-bond acceptors (Lipinski definition) is 10. The third-order valence-corrected chi connectivity index (χ3v) is 6.64. The van der Waals surface area contributed by atoms with Gasteiger partial charge in [-0.2, -0.15) is 5.11 Å². The molecule has 0 bridgehead atoms. The zero-order valence-corrected chi connectivity index (χ0v) is 23.1. The van der Waals surface area contributed by atoms with E-state index in [9.17, 15) is 9.90 Å². The number of fused-ring (bicyclic) bond motifs is 1. The summed E-state index contributed by atoms with van der Waals surface area (Å²) in [7, 11) is 1.49. The van der Waals surface area contributed by atoms with Gasteiger partial charge in [0.15, 0.2) is 5.75 Å². The van der Waals surface area contributed by atoms with E-state index >= 15 is 0 Å². The third kappa shape index (κ3) is 6.18. The number of benzene rings is 5. The van der Waals surface area contributed by atoms with Gasteiger partial charge in [-0.15, -0.1) is 28.0 Å². The van der Waals surface area contributed by atoms with Crippen molar-refractivity contribution >= 4 is 69.5 Å². The second-order valence-electron chi connectivity index (χ2n) is 9.21. The predicted molar refractivity (Wildman–Crippen MR) is 165 cm³/mol. The number of carbonyl (C=O) groups excluding carboxylic acids is 1. The number of methoxy groups -OCH3 is 1. The number of rotatable bonds is 8. The number of phenolic OH excluding ortho intramolecular Hbond substituents is 1. The van der Waals surface area contributed by atoms with Crippen molar-refractivity contribution in [1.29, 1.82) is 0 Å². The quantitative estimate of drug-likeness (QED) is 0.0647. The van der Waals surface area contributed by atoms with E-state index in [0.717, 1.165) is 23.0 Å². The van der Waals surface area contributed by atoms with Gasteiger partial charge in [-0.1, -0.05) is 23.8 Å². The Hall–Kier alpha value is -5.22. The largest absolute Gasteiger partial charge is 0.505 e. The van der Waals surface area contributed by atoms with Gasteiger partial charge in [0.25, 0.3) is 0 Å². The molecule has 5 rings (SSSR count). The van der Waals surface area contributed by atoms with Crippen LogP contribution in [0.4, 0.5) is 39.8 Å². The Morgan fingerprint density at radius 3 is 2.27 bits per heavy atom. The van der Waals surface area contributed by atoms with Gasteiger partial charge >= 0.3 is 0 Å². The molecule has 0 atom stereocenters. The van der Waals surface area contributed by atoms with E-state index in [0.29, 0.717) is 44.3 Å². The molecule has 41 heavy (non-hydrogen) atoms. The summed E-state index contributed by atoms with van der Waals surface area (Å²) in [5.41, 5.74) is 11.4. The summed E-state index contributed by atoms with van der Waals surface area (Å²) in [4.78, 5) is 11.3. The summed E-state index contributed by atoms with van der Waals surface area (Å²) in [6.07, 6.45) is 0.756. The van der Waals surface area contributed by atoms with E-state index in [1.807, 2.05) is 55.5 Å². The minimum atomic E-state index is -0.0539. The van der Waals surface area contributed by atoms with E-state index in [1.165, 1.54) is 12.7 Å². The molecule has 5 aromatic rings. The second-order valence-corrected chi connectivity index (χ2v) is 9.69. The fourth-order valence-corrected chi connectivity index (χ4v) is 4.36. The van der Waals surface area contributed by atoms with Crippen molar-refractivity contribution in [3.63, 3.8) is 0 Å². The highest BCUT2D eigenvalue weighted by molar-refractivity contribution is 7.80. The smallest absolute Gasteiger partial charge is 0.152 e. The molecule has 0 aliphatic heterocycles. The molecule has 0 saturated heterocycles. The molecular formula is C31H26N6O3S. The van der Waals surface area contributed by atoms with Gasteiger partial charge in [0.1, 0.15) is 29.1 Å². The third-order valence-electron chi connectivity index (χ3n) is 6.30. The molecule has 0 heterocycles. The van der Waals surface area contributed by atoms with Crippen LogP contribution in [0.15, 0.2) is 110 Å². The number of nitrogens with one attached hydrogen (secondary N) is 1. The number of ether oxygens (including phenoxy) is 1. The molecule has 10 heteroatoms. The normalized spacial score (nSPS) is 11.4. The van der Waals surface area contributed by atoms with Crippen LogP contribution >= 0.6 is 12.6 Å². The molecule has 0 saturated carbocycles. The number of aldehydes is 1. The predicted octanol–water partition coefficient (Wildman–Crippen LogP) is 9.12. The number of azo groups is 2. The highest BCUT2D eigenvalue weighted by Gasteiger charge is 2.14. The lowest BCUT2D eigenvalue weighted by atomic mass is 10.1. The highest BCUT2D eigenvalue weighted by atomic mass is 32.1. The molecule has 0 aromatic heterocycles. The van der Waals surface area contributed by atoms with Crippen LogP contribution in [0.25, 0.3) is 10.8 Å². The number of anilines is 3. The van der Waals surface area contributed by atoms with Crippen LogP contribution in [-0.4, -0.2) is 18.5 Å². The Kier molecular flexibility index (Phi) is 7.93. The monoisotopic (exact) mass is 562 g/mol. The van der Waals surface area contributed by atoms with Crippen molar-refractivity contribution in [3.05, 3.63) is 96.1 Å². The Bertz CT molecular complexity index is 1800. The highest BCUT2D eigenvalue weighted by Crippen LogP contribution is 2.43. The molecule has 0 fully saturated rings. The van der Waals surface area contributed by atoms with Gasteiger partial charge in [0.05, 0.1) is 18.5 Å². The maximum absolute atomic E-state index is 11.1. The number of nitrogens with zero attached hydrogens (tertiary/aromatic N) is 4. The second kappa shape index (κ2) is 11.9. The Labute approximate surface area is 241 Å². The van der Waals surface area contributed by atoms with Gasteiger partial charge in [0.2, 0.25) is 0 Å². The van der Waals surface area contributed by atoms with Crippen molar-refractivity contribution in [2.24, 2.45) is 20.5 Å². The molecule has 0 unspecified atom stereocenters. The topological polar surface area (TPSA) is 134 Å². The molecule has 0 spiro atoms.